The third-order valence-electron chi connectivity index (χ3n) is 5.41. The van der Waals surface area contributed by atoms with Crippen molar-refractivity contribution in [2.45, 2.75) is 62.8 Å². The molecule has 5 nitrogen and oxygen atoms in total. The molecule has 1 aliphatic heterocycles. The number of nitrogens with one attached hydrogen (secondary N) is 1. The summed E-state index contributed by atoms with van der Waals surface area (Å²) in [5, 5.41) is 2.98. The van der Waals surface area contributed by atoms with E-state index in [-0.39, 0.29) is 30.0 Å². The number of carbonyl (C=O) groups is 2. The maximum absolute atomic E-state index is 13.6. The summed E-state index contributed by atoms with van der Waals surface area (Å²) in [5.74, 6) is -0.938. The highest BCUT2D eigenvalue weighted by Crippen LogP contribution is 2.41. The lowest BCUT2D eigenvalue weighted by Crippen LogP contribution is -2.56. The van der Waals surface area contributed by atoms with Crippen LogP contribution in [0.15, 0.2) is 24.3 Å². The molecular weight excluding hydrogens is 323 g/mol. The van der Waals surface area contributed by atoms with Crippen molar-refractivity contribution in [3.63, 3.8) is 0 Å². The minimum absolute atomic E-state index is 0.158. The molecule has 0 radical (unpaired) electrons. The van der Waals surface area contributed by atoms with Gasteiger partial charge in [0.15, 0.2) is 0 Å². The number of ether oxygens (including phenoxy) is 1. The van der Waals surface area contributed by atoms with Crippen LogP contribution in [-0.4, -0.2) is 41.1 Å². The van der Waals surface area contributed by atoms with Crippen LogP contribution in [0.4, 0.5) is 4.39 Å². The minimum Gasteiger partial charge on any atom is -0.353 e. The van der Waals surface area contributed by atoms with Crippen molar-refractivity contribution in [2.24, 2.45) is 0 Å². The Morgan fingerprint density at radius 2 is 1.96 bits per heavy atom. The van der Waals surface area contributed by atoms with Crippen molar-refractivity contribution in [3.05, 3.63) is 35.6 Å². The minimum atomic E-state index is -0.729. The molecule has 25 heavy (non-hydrogen) atoms. The molecule has 0 bridgehead atoms. The molecule has 3 fully saturated rings. The van der Waals surface area contributed by atoms with Gasteiger partial charge in [0, 0.05) is 11.6 Å². The van der Waals surface area contributed by atoms with Crippen molar-refractivity contribution in [2.75, 3.05) is 6.61 Å². The first-order chi connectivity index (χ1) is 12.1. The largest absolute Gasteiger partial charge is 0.353 e. The van der Waals surface area contributed by atoms with Gasteiger partial charge >= 0.3 is 0 Å². The van der Waals surface area contributed by atoms with Gasteiger partial charge in [-0.3, -0.25) is 14.5 Å². The predicted octanol–water partition coefficient (Wildman–Crippen LogP) is 2.61. The van der Waals surface area contributed by atoms with Crippen LogP contribution in [0.1, 0.15) is 55.3 Å². The summed E-state index contributed by atoms with van der Waals surface area (Å²) in [7, 11) is 0. The van der Waals surface area contributed by atoms with Gasteiger partial charge in [0.2, 0.25) is 5.91 Å². The first-order valence-electron chi connectivity index (χ1n) is 9.13. The highest BCUT2D eigenvalue weighted by atomic mass is 19.1. The normalized spacial score (nSPS) is 25.2. The molecule has 0 unspecified atom stereocenters. The number of hydrogen-bond acceptors (Lipinski definition) is 3. The Balaban J connectivity index is 1.65. The van der Waals surface area contributed by atoms with Crippen LogP contribution in [-0.2, 0) is 9.53 Å². The fourth-order valence-corrected chi connectivity index (χ4v) is 3.96. The molecule has 2 aliphatic carbocycles. The Hall–Kier alpha value is -1.95. The van der Waals surface area contributed by atoms with E-state index in [2.05, 4.69) is 5.32 Å². The smallest absolute Gasteiger partial charge is 0.256 e. The third-order valence-corrected chi connectivity index (χ3v) is 5.41. The van der Waals surface area contributed by atoms with E-state index in [1.165, 1.54) is 18.2 Å². The Bertz CT molecular complexity index is 683. The fourth-order valence-electron chi connectivity index (χ4n) is 3.96. The Labute approximate surface area is 146 Å². The molecule has 1 aromatic rings. The summed E-state index contributed by atoms with van der Waals surface area (Å²) in [5.41, 5.74) is -0.465. The van der Waals surface area contributed by atoms with Gasteiger partial charge in [-0.2, -0.15) is 0 Å². The highest BCUT2D eigenvalue weighted by Gasteiger charge is 2.53. The Morgan fingerprint density at radius 1 is 1.20 bits per heavy atom. The zero-order chi connectivity index (χ0) is 17.4. The van der Waals surface area contributed by atoms with E-state index < -0.39 is 17.6 Å². The number of benzene rings is 1. The number of rotatable bonds is 3. The Kier molecular flexibility index (Phi) is 4.23. The number of hydrogen-bond donors (Lipinski definition) is 1. The molecule has 2 amide bonds. The van der Waals surface area contributed by atoms with E-state index in [0.29, 0.717) is 0 Å². The Morgan fingerprint density at radius 3 is 2.64 bits per heavy atom. The number of amides is 2. The van der Waals surface area contributed by atoms with Gasteiger partial charge in [0.1, 0.15) is 17.6 Å². The average Bonchev–Trinajstić information content (AvgIpc) is 3.35. The van der Waals surface area contributed by atoms with Gasteiger partial charge in [-0.25, -0.2) is 4.39 Å². The van der Waals surface area contributed by atoms with Crippen LogP contribution in [0.5, 0.6) is 0 Å². The second-order valence-corrected chi connectivity index (χ2v) is 7.30. The summed E-state index contributed by atoms with van der Waals surface area (Å²) >= 11 is 0. The van der Waals surface area contributed by atoms with Gasteiger partial charge < -0.3 is 10.1 Å². The van der Waals surface area contributed by atoms with Gasteiger partial charge in [0.25, 0.3) is 5.91 Å². The number of nitrogens with zero attached hydrogens (tertiary/aromatic N) is 1. The molecule has 4 rings (SSSR count). The van der Waals surface area contributed by atoms with Crippen molar-refractivity contribution in [1.82, 2.24) is 10.2 Å². The molecule has 0 aromatic heterocycles. The lowest BCUT2D eigenvalue weighted by molar-refractivity contribution is -0.127. The lowest BCUT2D eigenvalue weighted by atomic mass is 9.89. The molecule has 1 saturated heterocycles. The van der Waals surface area contributed by atoms with E-state index in [0.717, 1.165) is 44.9 Å². The van der Waals surface area contributed by atoms with Crippen LogP contribution in [0.3, 0.4) is 0 Å². The molecule has 3 aliphatic rings. The lowest BCUT2D eigenvalue weighted by Gasteiger charge is -2.41. The zero-order valence-corrected chi connectivity index (χ0v) is 14.2. The second-order valence-electron chi connectivity index (χ2n) is 7.30. The number of carbonyl (C=O) groups excluding carboxylic acids is 2. The quantitative estimate of drug-likeness (QED) is 0.915. The summed E-state index contributed by atoms with van der Waals surface area (Å²) in [6, 6.07) is 5.23. The van der Waals surface area contributed by atoms with Gasteiger partial charge in [-0.1, -0.05) is 12.5 Å². The average molecular weight is 346 g/mol. The third kappa shape index (κ3) is 3.15. The van der Waals surface area contributed by atoms with Crippen LogP contribution in [0, 0.1) is 5.82 Å². The monoisotopic (exact) mass is 346 g/mol. The fraction of sp³-hybridized carbons (Fsp3) is 0.579. The first kappa shape index (κ1) is 16.5. The van der Waals surface area contributed by atoms with Crippen LogP contribution in [0.25, 0.3) is 0 Å². The van der Waals surface area contributed by atoms with Crippen molar-refractivity contribution in [3.8, 4) is 0 Å². The topological polar surface area (TPSA) is 58.6 Å². The van der Waals surface area contributed by atoms with Crippen molar-refractivity contribution in [1.29, 1.82) is 0 Å². The number of halogens is 1. The summed E-state index contributed by atoms with van der Waals surface area (Å²) < 4.78 is 19.7. The molecular formula is C19H23FN2O3. The summed E-state index contributed by atoms with van der Waals surface area (Å²) in [6.07, 6.45) is 6.45. The maximum atomic E-state index is 13.6. The molecule has 1 spiro atoms. The van der Waals surface area contributed by atoms with Crippen LogP contribution in [0.2, 0.25) is 0 Å². The molecule has 6 heteroatoms. The van der Waals surface area contributed by atoms with Crippen molar-refractivity contribution < 1.29 is 18.7 Å². The van der Waals surface area contributed by atoms with Crippen molar-refractivity contribution >= 4 is 11.8 Å². The molecule has 1 atom stereocenters. The molecule has 2 saturated carbocycles. The van der Waals surface area contributed by atoms with Crippen LogP contribution >= 0.6 is 0 Å². The van der Waals surface area contributed by atoms with Gasteiger partial charge in [0.05, 0.1) is 6.61 Å². The second kappa shape index (κ2) is 6.41. The maximum Gasteiger partial charge on any atom is 0.256 e. The summed E-state index contributed by atoms with van der Waals surface area (Å²) in [4.78, 5) is 27.5. The first-order valence-corrected chi connectivity index (χ1v) is 9.13. The van der Waals surface area contributed by atoms with E-state index in [1.807, 2.05) is 0 Å². The van der Waals surface area contributed by atoms with Gasteiger partial charge in [-0.15, -0.1) is 0 Å². The standard InChI is InChI=1S/C19H23FN2O3/c20-14-6-4-5-13(11-14)18(24)22-16(17(23)21-15-7-8-15)12-25-19(22)9-2-1-3-10-19/h4-6,11,15-16H,1-3,7-10,12H2,(H,21,23)/t16-/m1/s1. The van der Waals surface area contributed by atoms with E-state index in [1.54, 1.807) is 11.0 Å². The zero-order valence-electron chi connectivity index (χ0n) is 14.2. The molecule has 1 aromatic carbocycles. The SMILES string of the molecule is O=C(NC1CC1)[C@H]1COC2(CCCCC2)N1C(=O)c1cccc(F)c1. The molecule has 1 heterocycles. The highest BCUT2D eigenvalue weighted by molar-refractivity contribution is 5.98. The van der Waals surface area contributed by atoms with Gasteiger partial charge in [-0.05, 0) is 56.7 Å². The van der Waals surface area contributed by atoms with E-state index in [4.69, 9.17) is 4.74 Å². The molecule has 134 valence electrons. The van der Waals surface area contributed by atoms with E-state index >= 15 is 0 Å². The summed E-state index contributed by atoms with van der Waals surface area (Å²) in [6.45, 7) is 0.208. The molecule has 1 N–H and O–H groups in total. The van der Waals surface area contributed by atoms with E-state index in [9.17, 15) is 14.0 Å². The van der Waals surface area contributed by atoms with Crippen LogP contribution < -0.4 is 5.32 Å². The predicted molar refractivity (Wildman–Crippen MR) is 89.3 cm³/mol.